The Morgan fingerprint density at radius 3 is 2.49 bits per heavy atom. The molecule has 1 aliphatic heterocycles. The normalized spacial score (nSPS) is 18.2. The Morgan fingerprint density at radius 2 is 1.83 bits per heavy atom. The van der Waals surface area contributed by atoms with Crippen molar-refractivity contribution in [2.75, 3.05) is 50.0 Å². The van der Waals surface area contributed by atoms with Crippen LogP contribution in [0.1, 0.15) is 60.1 Å². The number of aromatic nitrogens is 2. The Labute approximate surface area is 214 Å². The third-order valence-electron chi connectivity index (χ3n) is 7.42. The third-order valence-corrected chi connectivity index (χ3v) is 7.42. The molecule has 2 aromatic rings. The van der Waals surface area contributed by atoms with Gasteiger partial charge in [-0.1, -0.05) is 52.0 Å². The Bertz CT molecular complexity index is 994. The summed E-state index contributed by atoms with van der Waals surface area (Å²) >= 11 is 0. The predicted molar refractivity (Wildman–Crippen MR) is 152 cm³/mol. The van der Waals surface area contributed by atoms with E-state index in [0.717, 1.165) is 62.0 Å². The molecule has 0 bridgehead atoms. The molecule has 1 aromatic heterocycles. The summed E-state index contributed by atoms with van der Waals surface area (Å²) in [4.78, 5) is 18.7. The highest BCUT2D eigenvalue weighted by atomic mass is 15.3. The van der Waals surface area contributed by atoms with Crippen LogP contribution >= 0.6 is 0 Å². The minimum absolute atomic E-state index is 0. The maximum atomic E-state index is 4.90. The number of hydrogen-bond donors (Lipinski definition) is 1. The van der Waals surface area contributed by atoms with Gasteiger partial charge >= 0.3 is 0 Å². The average Bonchev–Trinajstić information content (AvgIpc) is 2.87. The van der Waals surface area contributed by atoms with Crippen LogP contribution in [0.5, 0.6) is 0 Å². The van der Waals surface area contributed by atoms with Crippen molar-refractivity contribution >= 4 is 23.5 Å². The highest BCUT2D eigenvalue weighted by Crippen LogP contribution is 2.28. The summed E-state index contributed by atoms with van der Waals surface area (Å²) in [6, 6.07) is 8.67. The van der Waals surface area contributed by atoms with E-state index in [1.807, 2.05) is 12.4 Å². The van der Waals surface area contributed by atoms with Gasteiger partial charge in [-0.2, -0.15) is 0 Å². The number of hydrogen-bond acceptors (Lipinski definition) is 6. The first-order valence-corrected chi connectivity index (χ1v) is 13.2. The standard InChI is InChI=1S/C29H42N6.2H2/c1-5-29(2,3)22-34-15-17-35(18-16-34)26-13-11-25(12-14-26)32-28-31-21-24(20-30-4)27(33-28)19-23-9-7-6-8-10-23;;/h5,11-14,20-21,23H,1,6-10,15-19,22H2,2-4H3,(H,31,32,33);2*1H. The maximum Gasteiger partial charge on any atom is 0.227 e. The first-order chi connectivity index (χ1) is 17.0. The van der Waals surface area contributed by atoms with Gasteiger partial charge in [0.1, 0.15) is 0 Å². The lowest BCUT2D eigenvalue weighted by Gasteiger charge is -2.39. The molecule has 1 saturated heterocycles. The van der Waals surface area contributed by atoms with Gasteiger partial charge in [0.2, 0.25) is 5.95 Å². The molecule has 4 rings (SSSR count). The van der Waals surface area contributed by atoms with E-state index in [1.165, 1.54) is 37.8 Å². The Hall–Kier alpha value is -2.73. The summed E-state index contributed by atoms with van der Waals surface area (Å²) in [6.45, 7) is 13.8. The molecule has 1 aromatic carbocycles. The predicted octanol–water partition coefficient (Wildman–Crippen LogP) is 6.22. The molecule has 0 spiro atoms. The van der Waals surface area contributed by atoms with Gasteiger partial charge in [-0.15, -0.1) is 6.58 Å². The topological polar surface area (TPSA) is 56.6 Å². The second-order valence-electron chi connectivity index (χ2n) is 10.8. The molecule has 192 valence electrons. The van der Waals surface area contributed by atoms with Crippen molar-refractivity contribution in [2.24, 2.45) is 16.3 Å². The molecule has 6 heteroatoms. The van der Waals surface area contributed by atoms with Crippen molar-refractivity contribution in [3.05, 3.63) is 54.4 Å². The number of nitrogens with zero attached hydrogens (tertiary/aromatic N) is 5. The Morgan fingerprint density at radius 1 is 1.11 bits per heavy atom. The largest absolute Gasteiger partial charge is 0.369 e. The third kappa shape index (κ3) is 7.14. The van der Waals surface area contributed by atoms with Crippen LogP contribution < -0.4 is 10.2 Å². The van der Waals surface area contributed by atoms with Crippen molar-refractivity contribution in [3.63, 3.8) is 0 Å². The fourth-order valence-corrected chi connectivity index (χ4v) is 5.25. The van der Waals surface area contributed by atoms with Crippen LogP contribution in [0.2, 0.25) is 0 Å². The number of nitrogens with one attached hydrogen (secondary N) is 1. The van der Waals surface area contributed by atoms with E-state index in [4.69, 9.17) is 4.98 Å². The van der Waals surface area contributed by atoms with E-state index >= 15 is 0 Å². The molecule has 6 nitrogen and oxygen atoms in total. The highest BCUT2D eigenvalue weighted by Gasteiger charge is 2.23. The average molecular weight is 479 g/mol. The maximum absolute atomic E-state index is 4.90. The lowest BCUT2D eigenvalue weighted by Crippen LogP contribution is -2.48. The first kappa shape index (κ1) is 25.4. The molecular weight excluding hydrogens is 432 g/mol. The monoisotopic (exact) mass is 478 g/mol. The van der Waals surface area contributed by atoms with Gasteiger partial charge in [0.25, 0.3) is 0 Å². The van der Waals surface area contributed by atoms with Crippen molar-refractivity contribution in [1.82, 2.24) is 14.9 Å². The van der Waals surface area contributed by atoms with Gasteiger partial charge in [-0.3, -0.25) is 9.89 Å². The van der Waals surface area contributed by atoms with E-state index < -0.39 is 0 Å². The molecular formula is C29H46N6. The van der Waals surface area contributed by atoms with E-state index in [0.29, 0.717) is 5.95 Å². The van der Waals surface area contributed by atoms with Crippen LogP contribution in [0.3, 0.4) is 0 Å². The van der Waals surface area contributed by atoms with Crippen LogP contribution in [0, 0.1) is 11.3 Å². The summed E-state index contributed by atoms with van der Waals surface area (Å²) in [5, 5.41) is 3.42. The van der Waals surface area contributed by atoms with E-state index in [-0.39, 0.29) is 8.27 Å². The quantitative estimate of drug-likeness (QED) is 0.343. The van der Waals surface area contributed by atoms with E-state index in [1.54, 1.807) is 7.05 Å². The Balaban J connectivity index is 0.00000241. The fourth-order valence-electron chi connectivity index (χ4n) is 5.25. The number of benzene rings is 1. The van der Waals surface area contributed by atoms with Crippen molar-refractivity contribution < 1.29 is 2.85 Å². The van der Waals surface area contributed by atoms with Gasteiger partial charge in [-0.25, -0.2) is 9.97 Å². The second kappa shape index (κ2) is 11.8. The van der Waals surface area contributed by atoms with Crippen LogP contribution in [-0.2, 0) is 6.42 Å². The number of anilines is 3. The lowest BCUT2D eigenvalue weighted by atomic mass is 9.85. The molecule has 2 fully saturated rings. The molecule has 0 unspecified atom stereocenters. The number of aliphatic imine (C=N–C) groups is 1. The summed E-state index contributed by atoms with van der Waals surface area (Å²) < 4.78 is 0. The summed E-state index contributed by atoms with van der Waals surface area (Å²) in [6.07, 6.45) is 13.5. The minimum Gasteiger partial charge on any atom is -0.369 e. The smallest absolute Gasteiger partial charge is 0.227 e. The first-order valence-electron chi connectivity index (χ1n) is 13.2. The molecule has 0 radical (unpaired) electrons. The van der Waals surface area contributed by atoms with E-state index in [2.05, 4.69) is 75.9 Å². The Kier molecular flexibility index (Phi) is 8.55. The molecule has 1 aliphatic carbocycles. The molecule has 1 N–H and O–H groups in total. The van der Waals surface area contributed by atoms with Crippen LogP contribution in [0.4, 0.5) is 17.3 Å². The molecule has 35 heavy (non-hydrogen) atoms. The molecule has 2 aliphatic rings. The zero-order valence-electron chi connectivity index (χ0n) is 21.8. The van der Waals surface area contributed by atoms with E-state index in [9.17, 15) is 0 Å². The fraction of sp³-hybridized carbons (Fsp3) is 0.552. The van der Waals surface area contributed by atoms with Crippen LogP contribution in [-0.4, -0.2) is 60.9 Å². The second-order valence-corrected chi connectivity index (χ2v) is 10.8. The molecule has 1 saturated carbocycles. The number of rotatable bonds is 9. The van der Waals surface area contributed by atoms with Gasteiger partial charge in [-0.05, 0) is 42.0 Å². The van der Waals surface area contributed by atoms with Gasteiger partial charge in [0.15, 0.2) is 0 Å². The summed E-state index contributed by atoms with van der Waals surface area (Å²) in [7, 11) is 1.81. The van der Waals surface area contributed by atoms with Crippen molar-refractivity contribution in [1.29, 1.82) is 0 Å². The van der Waals surface area contributed by atoms with Gasteiger partial charge < -0.3 is 10.2 Å². The van der Waals surface area contributed by atoms with Crippen molar-refractivity contribution in [3.8, 4) is 0 Å². The molecule has 0 atom stereocenters. The molecule has 0 amide bonds. The highest BCUT2D eigenvalue weighted by molar-refractivity contribution is 5.80. The summed E-state index contributed by atoms with van der Waals surface area (Å²) in [5.41, 5.74) is 4.59. The minimum atomic E-state index is 0. The lowest BCUT2D eigenvalue weighted by molar-refractivity contribution is 0.199. The molecule has 2 heterocycles. The van der Waals surface area contributed by atoms with Gasteiger partial charge in [0, 0.05) is 72.0 Å². The number of piperazine rings is 1. The zero-order valence-corrected chi connectivity index (χ0v) is 21.8. The van der Waals surface area contributed by atoms with Crippen molar-refractivity contribution in [2.45, 2.75) is 52.4 Å². The van der Waals surface area contributed by atoms with Crippen LogP contribution in [0.15, 0.2) is 48.1 Å². The SMILES string of the molecule is C=CC(C)(C)CN1CCN(c2ccc(Nc3ncc(C=NC)c(CC4CCCCC4)n3)cc2)CC1.[HH].[HH]. The van der Waals surface area contributed by atoms with Crippen LogP contribution in [0.25, 0.3) is 0 Å². The summed E-state index contributed by atoms with van der Waals surface area (Å²) in [5.74, 6) is 1.38. The zero-order chi connectivity index (χ0) is 24.7. The van der Waals surface area contributed by atoms with Gasteiger partial charge in [0.05, 0.1) is 5.69 Å².